The summed E-state index contributed by atoms with van der Waals surface area (Å²) in [6.45, 7) is 9.91. The van der Waals surface area contributed by atoms with Crippen LogP contribution in [0.25, 0.3) is 6.08 Å². The van der Waals surface area contributed by atoms with E-state index in [-0.39, 0.29) is 41.4 Å². The Morgan fingerprint density at radius 2 is 1.97 bits per heavy atom. The van der Waals surface area contributed by atoms with Gasteiger partial charge in [-0.3, -0.25) is 0 Å². The van der Waals surface area contributed by atoms with Crippen molar-refractivity contribution < 1.29 is 28.5 Å². The van der Waals surface area contributed by atoms with Crippen molar-refractivity contribution in [2.24, 2.45) is 5.92 Å². The summed E-state index contributed by atoms with van der Waals surface area (Å²) in [5, 5.41) is 0. The van der Waals surface area contributed by atoms with Gasteiger partial charge in [-0.05, 0) is 70.2 Å². The van der Waals surface area contributed by atoms with E-state index in [1.807, 2.05) is 24.3 Å². The van der Waals surface area contributed by atoms with Crippen LogP contribution in [-0.4, -0.2) is 55.8 Å². The summed E-state index contributed by atoms with van der Waals surface area (Å²) in [6, 6.07) is 7.71. The number of carbonyl (C=O) groups excluding carboxylic acids is 1. The lowest BCUT2D eigenvalue weighted by atomic mass is 9.68. The maximum absolute atomic E-state index is 12.7. The molecule has 3 fully saturated rings. The van der Waals surface area contributed by atoms with Crippen molar-refractivity contribution >= 4 is 12.0 Å². The SMILES string of the molecule is CCCCOc1ccc(/C=C/C(=O)O[C@@H]2CC[C@]3(CO3)[C@@H](C3(C)O[C@H]3CC=C(C)C)[C@@H]2OC)cc1. The highest BCUT2D eigenvalue weighted by molar-refractivity contribution is 5.87. The molecule has 6 nitrogen and oxygen atoms in total. The van der Waals surface area contributed by atoms with Crippen LogP contribution in [-0.2, 0) is 23.7 Å². The minimum atomic E-state index is -0.366. The molecule has 192 valence electrons. The van der Waals surface area contributed by atoms with Gasteiger partial charge in [-0.25, -0.2) is 4.79 Å². The second-order valence-electron chi connectivity index (χ2n) is 10.5. The number of epoxide rings is 2. The number of unbranched alkanes of at least 4 members (excludes halogenated alkanes) is 1. The van der Waals surface area contributed by atoms with Crippen LogP contribution in [0, 0.1) is 5.92 Å². The summed E-state index contributed by atoms with van der Waals surface area (Å²) in [6.07, 6.45) is 9.56. The van der Waals surface area contributed by atoms with E-state index in [2.05, 4.69) is 33.8 Å². The van der Waals surface area contributed by atoms with Gasteiger partial charge in [0.1, 0.15) is 29.2 Å². The van der Waals surface area contributed by atoms with Crippen molar-refractivity contribution in [1.29, 1.82) is 0 Å². The molecule has 1 aliphatic carbocycles. The molecule has 4 rings (SSSR count). The second kappa shape index (κ2) is 10.9. The number of hydrogen-bond donors (Lipinski definition) is 0. The zero-order chi connectivity index (χ0) is 25.1. The summed E-state index contributed by atoms with van der Waals surface area (Å²) in [5.74, 6) is 0.491. The van der Waals surface area contributed by atoms with E-state index in [1.165, 1.54) is 11.6 Å². The van der Waals surface area contributed by atoms with E-state index < -0.39 is 0 Å². The normalized spacial score (nSPS) is 33.5. The quantitative estimate of drug-likeness (QED) is 0.136. The van der Waals surface area contributed by atoms with Gasteiger partial charge in [0.2, 0.25) is 0 Å². The molecule has 0 amide bonds. The van der Waals surface area contributed by atoms with Crippen LogP contribution in [0.3, 0.4) is 0 Å². The summed E-state index contributed by atoms with van der Waals surface area (Å²) in [4.78, 5) is 12.7. The molecular formula is C29H40O6. The van der Waals surface area contributed by atoms with Gasteiger partial charge in [0.15, 0.2) is 0 Å². The van der Waals surface area contributed by atoms with Crippen molar-refractivity contribution in [3.05, 3.63) is 47.6 Å². The van der Waals surface area contributed by atoms with E-state index in [0.29, 0.717) is 19.6 Å². The van der Waals surface area contributed by atoms with Gasteiger partial charge < -0.3 is 23.7 Å². The van der Waals surface area contributed by atoms with Gasteiger partial charge in [-0.1, -0.05) is 37.1 Å². The molecule has 35 heavy (non-hydrogen) atoms. The summed E-state index contributed by atoms with van der Waals surface area (Å²) < 4.78 is 29.8. The first-order chi connectivity index (χ1) is 16.8. The standard InChI is InChI=1S/C29H40O6/c1-6-7-18-32-22-12-9-21(10-13-22)11-15-25(30)34-23-16-17-29(19-33-29)27(26(23)31-5)28(4)24(35-28)14-8-20(2)3/h8-13,15,23-24,26-27H,6-7,14,16-19H2,1-5H3/b15-11+/t23-,24+,26-,27-,28?,29+/m1/s1. The fraction of sp³-hybridized carbons (Fsp3) is 0.621. The lowest BCUT2D eigenvalue weighted by Crippen LogP contribution is -2.55. The van der Waals surface area contributed by atoms with Crippen molar-refractivity contribution in [3.63, 3.8) is 0 Å². The number of hydrogen-bond acceptors (Lipinski definition) is 6. The van der Waals surface area contributed by atoms with E-state index >= 15 is 0 Å². The van der Waals surface area contributed by atoms with Gasteiger partial charge >= 0.3 is 5.97 Å². The van der Waals surface area contributed by atoms with Gasteiger partial charge in [-0.2, -0.15) is 0 Å². The van der Waals surface area contributed by atoms with E-state index in [9.17, 15) is 4.79 Å². The van der Waals surface area contributed by atoms with Crippen LogP contribution < -0.4 is 4.74 Å². The first kappa shape index (κ1) is 25.9. The highest BCUT2D eigenvalue weighted by atomic mass is 16.6. The Kier molecular flexibility index (Phi) is 8.04. The largest absolute Gasteiger partial charge is 0.494 e. The van der Waals surface area contributed by atoms with Crippen LogP contribution in [0.2, 0.25) is 0 Å². The smallest absolute Gasteiger partial charge is 0.331 e. The Morgan fingerprint density at radius 3 is 2.60 bits per heavy atom. The summed E-state index contributed by atoms with van der Waals surface area (Å²) >= 11 is 0. The van der Waals surface area contributed by atoms with Crippen molar-refractivity contribution in [3.8, 4) is 5.75 Å². The molecular weight excluding hydrogens is 444 g/mol. The second-order valence-corrected chi connectivity index (χ2v) is 10.5. The average Bonchev–Trinajstić information content (AvgIpc) is 3.75. The topological polar surface area (TPSA) is 69.8 Å². The molecule has 0 aromatic heterocycles. The maximum atomic E-state index is 12.7. The number of carbonyl (C=O) groups is 1. The van der Waals surface area contributed by atoms with Crippen LogP contribution in [0.1, 0.15) is 65.4 Å². The molecule has 0 N–H and O–H groups in total. The molecule has 1 aromatic rings. The van der Waals surface area contributed by atoms with Crippen molar-refractivity contribution in [2.75, 3.05) is 20.3 Å². The predicted molar refractivity (Wildman–Crippen MR) is 135 cm³/mol. The Balaban J connectivity index is 1.37. The number of methoxy groups -OCH3 is 1. The maximum Gasteiger partial charge on any atom is 0.331 e. The number of allylic oxidation sites excluding steroid dienone is 1. The third kappa shape index (κ3) is 5.99. The van der Waals surface area contributed by atoms with E-state index in [1.54, 1.807) is 13.2 Å². The highest BCUT2D eigenvalue weighted by Crippen LogP contribution is 2.59. The van der Waals surface area contributed by atoms with Gasteiger partial charge in [0, 0.05) is 13.2 Å². The fourth-order valence-electron chi connectivity index (χ4n) is 5.43. The number of benzene rings is 1. The number of esters is 1. The third-order valence-corrected chi connectivity index (χ3v) is 7.56. The van der Waals surface area contributed by atoms with Crippen LogP contribution in [0.15, 0.2) is 42.0 Å². The van der Waals surface area contributed by atoms with Gasteiger partial charge in [-0.15, -0.1) is 0 Å². The minimum absolute atomic E-state index is 0.0198. The zero-order valence-electron chi connectivity index (χ0n) is 21.8. The lowest BCUT2D eigenvalue weighted by molar-refractivity contribution is -0.166. The van der Waals surface area contributed by atoms with Crippen molar-refractivity contribution in [2.45, 2.75) is 89.3 Å². The molecule has 0 bridgehead atoms. The fourth-order valence-corrected chi connectivity index (χ4v) is 5.43. The molecule has 1 aromatic carbocycles. The monoisotopic (exact) mass is 484 g/mol. The minimum Gasteiger partial charge on any atom is -0.494 e. The summed E-state index contributed by atoms with van der Waals surface area (Å²) in [5.41, 5.74) is 1.63. The molecule has 1 unspecified atom stereocenters. The molecule has 6 atom stereocenters. The molecule has 2 aliphatic heterocycles. The van der Waals surface area contributed by atoms with Crippen LogP contribution in [0.4, 0.5) is 0 Å². The molecule has 6 heteroatoms. The van der Waals surface area contributed by atoms with Crippen LogP contribution >= 0.6 is 0 Å². The van der Waals surface area contributed by atoms with Crippen molar-refractivity contribution in [1.82, 2.24) is 0 Å². The lowest BCUT2D eigenvalue weighted by Gasteiger charge is -2.42. The Morgan fingerprint density at radius 1 is 1.23 bits per heavy atom. The third-order valence-electron chi connectivity index (χ3n) is 7.56. The van der Waals surface area contributed by atoms with E-state index in [4.69, 9.17) is 23.7 Å². The number of ether oxygens (including phenoxy) is 5. The highest BCUT2D eigenvalue weighted by Gasteiger charge is 2.72. The number of rotatable bonds is 11. The van der Waals surface area contributed by atoms with Gasteiger partial charge in [0.05, 0.1) is 25.2 Å². The molecule has 0 radical (unpaired) electrons. The molecule has 1 saturated carbocycles. The molecule has 2 heterocycles. The Labute approximate surface area is 209 Å². The average molecular weight is 485 g/mol. The molecule has 3 aliphatic rings. The molecule has 2 saturated heterocycles. The first-order valence-corrected chi connectivity index (χ1v) is 12.9. The summed E-state index contributed by atoms with van der Waals surface area (Å²) in [7, 11) is 1.69. The Hall–Kier alpha value is -2.15. The van der Waals surface area contributed by atoms with Crippen LogP contribution in [0.5, 0.6) is 5.75 Å². The van der Waals surface area contributed by atoms with Gasteiger partial charge in [0.25, 0.3) is 0 Å². The zero-order valence-corrected chi connectivity index (χ0v) is 21.8. The molecule has 1 spiro atoms. The Bertz CT molecular complexity index is 927. The first-order valence-electron chi connectivity index (χ1n) is 12.9. The predicted octanol–water partition coefficient (Wildman–Crippen LogP) is 5.50. The van der Waals surface area contributed by atoms with E-state index in [0.717, 1.165) is 37.0 Å².